The lowest BCUT2D eigenvalue weighted by Gasteiger charge is -2.02. The minimum atomic E-state index is -3.46. The van der Waals surface area contributed by atoms with Crippen molar-refractivity contribution in [1.82, 2.24) is 0 Å². The minimum Gasteiger partial charge on any atom is -0.481 e. The van der Waals surface area contributed by atoms with Gasteiger partial charge in [0.25, 0.3) is 0 Å². The first-order valence-electron chi connectivity index (χ1n) is 4.12. The van der Waals surface area contributed by atoms with Crippen LogP contribution in [0.5, 0.6) is 0 Å². The van der Waals surface area contributed by atoms with Gasteiger partial charge in [-0.25, -0.2) is 8.42 Å². The molecular weight excluding hydrogens is 331 g/mol. The molecule has 1 aromatic carbocycles. The Morgan fingerprint density at radius 3 is 2.27 bits per heavy atom. The molecule has 1 rings (SSSR count). The van der Waals surface area contributed by atoms with Gasteiger partial charge in [-0.15, -0.1) is 0 Å². The Balaban J connectivity index is 2.87. The summed E-state index contributed by atoms with van der Waals surface area (Å²) in [5.74, 6) is -1.47. The molecule has 0 bridgehead atoms. The summed E-state index contributed by atoms with van der Waals surface area (Å²) in [4.78, 5) is 10.4. The Morgan fingerprint density at radius 2 is 1.80 bits per heavy atom. The lowest BCUT2D eigenvalue weighted by atomic mass is 10.4. The Labute approximate surface area is 101 Å². The van der Waals surface area contributed by atoms with Crippen LogP contribution in [0.1, 0.15) is 6.42 Å². The summed E-state index contributed by atoms with van der Waals surface area (Å²) < 4.78 is 24.1. The maximum Gasteiger partial charge on any atom is 0.304 e. The predicted octanol–water partition coefficient (Wildman–Crippen LogP) is 1.54. The van der Waals surface area contributed by atoms with Crippen LogP contribution in [0, 0.1) is 3.57 Å². The van der Waals surface area contributed by atoms with Crippen molar-refractivity contribution in [2.45, 2.75) is 11.3 Å². The van der Waals surface area contributed by atoms with E-state index in [0.717, 1.165) is 3.57 Å². The van der Waals surface area contributed by atoms with Gasteiger partial charge < -0.3 is 5.11 Å². The predicted molar refractivity (Wildman–Crippen MR) is 63.5 cm³/mol. The first kappa shape index (κ1) is 12.4. The van der Waals surface area contributed by atoms with Crippen LogP contribution in [0.25, 0.3) is 0 Å². The Morgan fingerprint density at radius 1 is 1.27 bits per heavy atom. The van der Waals surface area contributed by atoms with E-state index in [-0.39, 0.29) is 17.1 Å². The molecule has 4 nitrogen and oxygen atoms in total. The SMILES string of the molecule is O=C(O)CCS(=O)(=O)c1ccc(I)cc1. The van der Waals surface area contributed by atoms with Gasteiger partial charge in [-0.05, 0) is 46.9 Å². The fourth-order valence-electron chi connectivity index (χ4n) is 0.981. The number of hydrogen-bond donors (Lipinski definition) is 1. The van der Waals surface area contributed by atoms with Gasteiger partial charge in [-0.3, -0.25) is 4.79 Å². The Bertz CT molecular complexity index is 450. The lowest BCUT2D eigenvalue weighted by molar-refractivity contribution is -0.136. The summed E-state index contributed by atoms with van der Waals surface area (Å²) >= 11 is 2.07. The van der Waals surface area contributed by atoms with Crippen molar-refractivity contribution in [1.29, 1.82) is 0 Å². The van der Waals surface area contributed by atoms with Gasteiger partial charge >= 0.3 is 5.97 Å². The average molecular weight is 340 g/mol. The van der Waals surface area contributed by atoms with Crippen LogP contribution >= 0.6 is 22.6 Å². The summed E-state index contributed by atoms with van der Waals surface area (Å²) in [7, 11) is -3.46. The van der Waals surface area contributed by atoms with Crippen molar-refractivity contribution in [2.75, 3.05) is 5.75 Å². The van der Waals surface area contributed by atoms with Gasteiger partial charge in [0.1, 0.15) is 0 Å². The molecule has 82 valence electrons. The van der Waals surface area contributed by atoms with Gasteiger partial charge in [0.2, 0.25) is 0 Å². The minimum absolute atomic E-state index is 0.171. The maximum atomic E-state index is 11.6. The third-order valence-electron chi connectivity index (χ3n) is 1.76. The van der Waals surface area contributed by atoms with Crippen LogP contribution in [0.4, 0.5) is 0 Å². The molecule has 15 heavy (non-hydrogen) atoms. The zero-order valence-electron chi connectivity index (χ0n) is 7.68. The van der Waals surface area contributed by atoms with E-state index < -0.39 is 15.8 Å². The highest BCUT2D eigenvalue weighted by Crippen LogP contribution is 2.14. The molecule has 0 saturated carbocycles. The highest BCUT2D eigenvalue weighted by molar-refractivity contribution is 14.1. The van der Waals surface area contributed by atoms with E-state index in [1.54, 1.807) is 12.1 Å². The molecule has 0 aliphatic heterocycles. The van der Waals surface area contributed by atoms with Crippen LogP contribution in [0.3, 0.4) is 0 Å². The number of aliphatic carboxylic acids is 1. The topological polar surface area (TPSA) is 71.4 Å². The average Bonchev–Trinajstić information content (AvgIpc) is 2.16. The van der Waals surface area contributed by atoms with Gasteiger partial charge in [-0.1, -0.05) is 0 Å². The molecule has 0 heterocycles. The van der Waals surface area contributed by atoms with Crippen LogP contribution in [0.15, 0.2) is 29.2 Å². The molecule has 0 spiro atoms. The van der Waals surface area contributed by atoms with Crippen molar-refractivity contribution in [2.24, 2.45) is 0 Å². The van der Waals surface area contributed by atoms with E-state index >= 15 is 0 Å². The van der Waals surface area contributed by atoms with Crippen molar-refractivity contribution in [3.05, 3.63) is 27.8 Å². The molecular formula is C9H9IO4S. The van der Waals surface area contributed by atoms with Gasteiger partial charge in [0.05, 0.1) is 17.1 Å². The lowest BCUT2D eigenvalue weighted by Crippen LogP contribution is -2.10. The summed E-state index contributed by atoms with van der Waals surface area (Å²) in [5, 5.41) is 8.40. The van der Waals surface area contributed by atoms with E-state index in [4.69, 9.17) is 5.11 Å². The number of carboxylic acids is 1. The molecule has 0 fully saturated rings. The summed E-state index contributed by atoms with van der Waals surface area (Å²) in [5.41, 5.74) is 0. The molecule has 6 heteroatoms. The molecule has 0 unspecified atom stereocenters. The van der Waals surface area contributed by atoms with E-state index in [9.17, 15) is 13.2 Å². The van der Waals surface area contributed by atoms with Crippen LogP contribution in [-0.2, 0) is 14.6 Å². The molecule has 0 atom stereocenters. The second-order valence-electron chi connectivity index (χ2n) is 2.92. The number of sulfone groups is 1. The molecule has 0 saturated heterocycles. The molecule has 0 aliphatic rings. The molecule has 0 aliphatic carbocycles. The van der Waals surface area contributed by atoms with E-state index in [1.807, 2.05) is 0 Å². The van der Waals surface area contributed by atoms with Crippen LogP contribution in [-0.4, -0.2) is 25.2 Å². The molecule has 1 N–H and O–H groups in total. The smallest absolute Gasteiger partial charge is 0.304 e. The second kappa shape index (κ2) is 4.93. The monoisotopic (exact) mass is 340 g/mol. The van der Waals surface area contributed by atoms with Gasteiger partial charge in [0, 0.05) is 3.57 Å². The highest BCUT2D eigenvalue weighted by atomic mass is 127. The van der Waals surface area contributed by atoms with Crippen LogP contribution in [0.2, 0.25) is 0 Å². The molecule has 0 amide bonds. The highest BCUT2D eigenvalue weighted by Gasteiger charge is 2.15. The maximum absolute atomic E-state index is 11.6. The first-order valence-corrected chi connectivity index (χ1v) is 6.85. The van der Waals surface area contributed by atoms with Crippen molar-refractivity contribution in [3.8, 4) is 0 Å². The number of carboxylic acid groups (broad SMARTS) is 1. The second-order valence-corrected chi connectivity index (χ2v) is 6.27. The molecule has 0 radical (unpaired) electrons. The molecule has 1 aromatic rings. The summed E-state index contributed by atoms with van der Waals surface area (Å²) in [6.45, 7) is 0. The molecule has 0 aromatic heterocycles. The third kappa shape index (κ3) is 3.78. The van der Waals surface area contributed by atoms with Crippen molar-refractivity contribution < 1.29 is 18.3 Å². The number of carbonyl (C=O) groups is 1. The van der Waals surface area contributed by atoms with Crippen molar-refractivity contribution >= 4 is 38.4 Å². The standard InChI is InChI=1S/C9H9IO4S/c10-7-1-3-8(4-2-7)15(13,14)6-5-9(11)12/h1-4H,5-6H2,(H,11,12). The Hall–Kier alpha value is -0.630. The van der Waals surface area contributed by atoms with Gasteiger partial charge in [-0.2, -0.15) is 0 Å². The number of rotatable bonds is 4. The largest absolute Gasteiger partial charge is 0.481 e. The number of benzene rings is 1. The summed E-state index contributed by atoms with van der Waals surface area (Å²) in [6.07, 6.45) is -0.367. The van der Waals surface area contributed by atoms with Crippen LogP contribution < -0.4 is 0 Å². The third-order valence-corrected chi connectivity index (χ3v) is 4.21. The fourth-order valence-corrected chi connectivity index (χ4v) is 2.57. The van der Waals surface area contributed by atoms with E-state index in [1.165, 1.54) is 12.1 Å². The number of halogens is 1. The van der Waals surface area contributed by atoms with Gasteiger partial charge in [0.15, 0.2) is 9.84 Å². The zero-order chi connectivity index (χ0) is 11.5. The van der Waals surface area contributed by atoms with E-state index in [0.29, 0.717) is 0 Å². The quantitative estimate of drug-likeness (QED) is 0.844. The Kier molecular flexibility index (Phi) is 4.09. The fraction of sp³-hybridized carbons (Fsp3) is 0.222. The summed E-state index contributed by atoms with van der Waals surface area (Å²) in [6, 6.07) is 6.32. The first-order chi connectivity index (χ1) is 6.92. The zero-order valence-corrected chi connectivity index (χ0v) is 10.7. The number of hydrogen-bond acceptors (Lipinski definition) is 3. The van der Waals surface area contributed by atoms with Crippen molar-refractivity contribution in [3.63, 3.8) is 0 Å². The normalized spacial score (nSPS) is 11.3. The van der Waals surface area contributed by atoms with E-state index in [2.05, 4.69) is 22.6 Å².